The SMILES string of the molecule is COc1ccc(S(=O)(=O)N2CCC(Oc3ccc(C)nn3)C2)cc1OC. The minimum atomic E-state index is -3.65. The number of aromatic nitrogens is 2. The Morgan fingerprint density at radius 3 is 2.50 bits per heavy atom. The topological polar surface area (TPSA) is 90.9 Å². The lowest BCUT2D eigenvalue weighted by atomic mass is 10.3. The van der Waals surface area contributed by atoms with Crippen LogP contribution in [0.4, 0.5) is 0 Å². The molecule has 2 heterocycles. The highest BCUT2D eigenvalue weighted by Gasteiger charge is 2.34. The third kappa shape index (κ3) is 3.73. The maximum atomic E-state index is 12.9. The lowest BCUT2D eigenvalue weighted by Gasteiger charge is -2.18. The van der Waals surface area contributed by atoms with Crippen LogP contribution in [0.3, 0.4) is 0 Å². The van der Waals surface area contributed by atoms with E-state index in [4.69, 9.17) is 14.2 Å². The third-order valence-electron chi connectivity index (χ3n) is 4.16. The van der Waals surface area contributed by atoms with Gasteiger partial charge in [-0.2, -0.15) is 9.40 Å². The van der Waals surface area contributed by atoms with Crippen LogP contribution < -0.4 is 14.2 Å². The first kappa shape index (κ1) is 18.4. The summed E-state index contributed by atoms with van der Waals surface area (Å²) in [5.74, 6) is 1.24. The Labute approximate surface area is 152 Å². The molecule has 0 radical (unpaired) electrons. The Morgan fingerprint density at radius 1 is 1.08 bits per heavy atom. The molecule has 26 heavy (non-hydrogen) atoms. The largest absolute Gasteiger partial charge is 0.493 e. The second-order valence-electron chi connectivity index (χ2n) is 5.92. The van der Waals surface area contributed by atoms with E-state index < -0.39 is 10.0 Å². The Hall–Kier alpha value is -2.39. The van der Waals surface area contributed by atoms with E-state index in [1.165, 1.54) is 30.7 Å². The molecule has 1 unspecified atom stereocenters. The average molecular weight is 379 g/mol. The van der Waals surface area contributed by atoms with Gasteiger partial charge in [-0.15, -0.1) is 5.10 Å². The summed E-state index contributed by atoms with van der Waals surface area (Å²) in [6.07, 6.45) is 0.323. The van der Waals surface area contributed by atoms with Gasteiger partial charge in [0, 0.05) is 18.7 Å². The van der Waals surface area contributed by atoms with Crippen LogP contribution in [0.2, 0.25) is 0 Å². The number of aryl methyl sites for hydroxylation is 1. The van der Waals surface area contributed by atoms with Crippen LogP contribution in [-0.2, 0) is 10.0 Å². The molecule has 0 amide bonds. The van der Waals surface area contributed by atoms with Crippen molar-refractivity contribution < 1.29 is 22.6 Å². The van der Waals surface area contributed by atoms with Crippen LogP contribution in [0.5, 0.6) is 17.4 Å². The molecule has 1 aliphatic rings. The van der Waals surface area contributed by atoms with Crippen molar-refractivity contribution >= 4 is 10.0 Å². The van der Waals surface area contributed by atoms with Crippen molar-refractivity contribution in [2.24, 2.45) is 0 Å². The van der Waals surface area contributed by atoms with Gasteiger partial charge in [-0.3, -0.25) is 0 Å². The lowest BCUT2D eigenvalue weighted by molar-refractivity contribution is 0.204. The molecule has 140 valence electrons. The molecule has 0 spiro atoms. The Morgan fingerprint density at radius 2 is 1.85 bits per heavy atom. The third-order valence-corrected chi connectivity index (χ3v) is 6.02. The van der Waals surface area contributed by atoms with E-state index in [0.717, 1.165) is 5.69 Å². The number of hydrogen-bond donors (Lipinski definition) is 0. The number of benzene rings is 1. The maximum absolute atomic E-state index is 12.9. The summed E-state index contributed by atoms with van der Waals surface area (Å²) in [4.78, 5) is 0.158. The summed E-state index contributed by atoms with van der Waals surface area (Å²) in [5, 5.41) is 7.90. The summed E-state index contributed by atoms with van der Waals surface area (Å²) < 4.78 is 43.3. The standard InChI is InChI=1S/C17H21N3O5S/c1-12-4-7-17(19-18-12)25-13-8-9-20(11-13)26(21,22)14-5-6-15(23-2)16(10-14)24-3/h4-7,10,13H,8-9,11H2,1-3H3. The van der Waals surface area contributed by atoms with Crippen molar-refractivity contribution in [1.29, 1.82) is 0 Å². The van der Waals surface area contributed by atoms with Crippen molar-refractivity contribution in [3.05, 3.63) is 36.0 Å². The molecule has 0 N–H and O–H groups in total. The fourth-order valence-corrected chi connectivity index (χ4v) is 4.26. The van der Waals surface area contributed by atoms with Gasteiger partial charge in [0.05, 0.1) is 31.4 Å². The van der Waals surface area contributed by atoms with Crippen molar-refractivity contribution in [1.82, 2.24) is 14.5 Å². The number of nitrogens with zero attached hydrogens (tertiary/aromatic N) is 3. The molecule has 1 fully saturated rings. The van der Waals surface area contributed by atoms with Gasteiger partial charge in [0.25, 0.3) is 0 Å². The number of methoxy groups -OCH3 is 2. The van der Waals surface area contributed by atoms with Crippen LogP contribution in [0, 0.1) is 6.92 Å². The first-order valence-electron chi connectivity index (χ1n) is 8.13. The molecule has 1 aliphatic heterocycles. The van der Waals surface area contributed by atoms with Gasteiger partial charge in [-0.25, -0.2) is 8.42 Å². The zero-order valence-corrected chi connectivity index (χ0v) is 15.7. The Kier molecular flexibility index (Phi) is 5.28. The molecule has 8 nitrogen and oxygen atoms in total. The second kappa shape index (κ2) is 7.46. The summed E-state index contributed by atoms with van der Waals surface area (Å²) in [6, 6.07) is 8.09. The highest BCUT2D eigenvalue weighted by molar-refractivity contribution is 7.89. The molecule has 1 saturated heterocycles. The number of hydrogen-bond acceptors (Lipinski definition) is 7. The smallest absolute Gasteiger partial charge is 0.243 e. The van der Waals surface area contributed by atoms with Crippen LogP contribution in [-0.4, -0.2) is 56.3 Å². The first-order valence-corrected chi connectivity index (χ1v) is 9.57. The molecule has 0 bridgehead atoms. The van der Waals surface area contributed by atoms with Gasteiger partial charge >= 0.3 is 0 Å². The van der Waals surface area contributed by atoms with E-state index in [1.54, 1.807) is 18.2 Å². The fourth-order valence-electron chi connectivity index (χ4n) is 2.76. The molecule has 9 heteroatoms. The van der Waals surface area contributed by atoms with E-state index in [2.05, 4.69) is 10.2 Å². The van der Waals surface area contributed by atoms with Crippen LogP contribution in [0.15, 0.2) is 35.2 Å². The summed E-state index contributed by atoms with van der Waals surface area (Å²) in [5.41, 5.74) is 0.793. The quantitative estimate of drug-likeness (QED) is 0.753. The average Bonchev–Trinajstić information content (AvgIpc) is 3.12. The van der Waals surface area contributed by atoms with E-state index >= 15 is 0 Å². The van der Waals surface area contributed by atoms with Gasteiger partial charge in [0.2, 0.25) is 15.9 Å². The summed E-state index contributed by atoms with van der Waals surface area (Å²) in [6.45, 7) is 2.47. The van der Waals surface area contributed by atoms with Gasteiger partial charge < -0.3 is 14.2 Å². The van der Waals surface area contributed by atoms with Gasteiger partial charge in [-0.05, 0) is 31.5 Å². The molecule has 1 atom stereocenters. The monoisotopic (exact) mass is 379 g/mol. The summed E-state index contributed by atoms with van der Waals surface area (Å²) in [7, 11) is -0.675. The van der Waals surface area contributed by atoms with Gasteiger partial charge in [0.1, 0.15) is 6.10 Å². The van der Waals surface area contributed by atoms with Crippen molar-refractivity contribution in [2.75, 3.05) is 27.3 Å². The normalized spacial score (nSPS) is 17.9. The van der Waals surface area contributed by atoms with Crippen LogP contribution in [0.25, 0.3) is 0 Å². The van der Waals surface area contributed by atoms with Crippen molar-refractivity contribution in [2.45, 2.75) is 24.3 Å². The predicted molar refractivity (Wildman–Crippen MR) is 94.1 cm³/mol. The molecule has 0 aliphatic carbocycles. The minimum Gasteiger partial charge on any atom is -0.493 e. The van der Waals surface area contributed by atoms with E-state index in [0.29, 0.717) is 30.3 Å². The van der Waals surface area contributed by atoms with Crippen molar-refractivity contribution in [3.8, 4) is 17.4 Å². The number of rotatable bonds is 6. The van der Waals surface area contributed by atoms with E-state index in [9.17, 15) is 8.42 Å². The minimum absolute atomic E-state index is 0.158. The highest BCUT2D eigenvalue weighted by Crippen LogP contribution is 2.31. The zero-order valence-electron chi connectivity index (χ0n) is 14.9. The molecular formula is C17H21N3O5S. The Balaban J connectivity index is 1.73. The Bertz CT molecular complexity index is 870. The van der Waals surface area contributed by atoms with Crippen LogP contribution >= 0.6 is 0 Å². The molecular weight excluding hydrogens is 358 g/mol. The van der Waals surface area contributed by atoms with Gasteiger partial charge in [0.15, 0.2) is 11.5 Å². The lowest BCUT2D eigenvalue weighted by Crippen LogP contribution is -2.31. The molecule has 0 saturated carbocycles. The van der Waals surface area contributed by atoms with E-state index in [1.807, 2.05) is 6.92 Å². The fraction of sp³-hybridized carbons (Fsp3) is 0.412. The van der Waals surface area contributed by atoms with Gasteiger partial charge in [-0.1, -0.05) is 0 Å². The number of ether oxygens (including phenoxy) is 3. The first-order chi connectivity index (χ1) is 12.4. The number of sulfonamides is 1. The highest BCUT2D eigenvalue weighted by atomic mass is 32.2. The molecule has 3 rings (SSSR count). The second-order valence-corrected chi connectivity index (χ2v) is 7.86. The molecule has 1 aromatic carbocycles. The summed E-state index contributed by atoms with van der Waals surface area (Å²) >= 11 is 0. The van der Waals surface area contributed by atoms with Crippen LogP contribution in [0.1, 0.15) is 12.1 Å². The molecule has 1 aromatic heterocycles. The van der Waals surface area contributed by atoms with Crippen molar-refractivity contribution in [3.63, 3.8) is 0 Å². The maximum Gasteiger partial charge on any atom is 0.243 e. The predicted octanol–water partition coefficient (Wildman–Crippen LogP) is 1.64. The zero-order chi connectivity index (χ0) is 18.7. The van der Waals surface area contributed by atoms with E-state index in [-0.39, 0.29) is 17.5 Å². The molecule has 2 aromatic rings.